The van der Waals surface area contributed by atoms with Crippen molar-refractivity contribution in [2.45, 2.75) is 46.1 Å². The standard InChI is InChI=1S/C14H33N3/c1-7-14(8-2,12-15)17(11-13(3)4)10-9-16(5)6/h13H,7-12,15H2,1-6H3. The summed E-state index contributed by atoms with van der Waals surface area (Å²) in [6.07, 6.45) is 2.28. The molecule has 17 heavy (non-hydrogen) atoms. The normalized spacial score (nSPS) is 13.1. The molecule has 0 aliphatic heterocycles. The largest absolute Gasteiger partial charge is 0.329 e. The lowest BCUT2D eigenvalue weighted by molar-refractivity contribution is 0.0655. The molecule has 0 spiro atoms. The van der Waals surface area contributed by atoms with Gasteiger partial charge in [-0.15, -0.1) is 0 Å². The van der Waals surface area contributed by atoms with Gasteiger partial charge in [-0.2, -0.15) is 0 Å². The molecule has 0 radical (unpaired) electrons. The summed E-state index contributed by atoms with van der Waals surface area (Å²) in [5, 5.41) is 0. The van der Waals surface area contributed by atoms with Crippen LogP contribution in [0, 0.1) is 5.92 Å². The van der Waals surface area contributed by atoms with Crippen LogP contribution in [0.3, 0.4) is 0 Å². The van der Waals surface area contributed by atoms with Gasteiger partial charge in [0.05, 0.1) is 0 Å². The monoisotopic (exact) mass is 243 g/mol. The molecule has 0 aliphatic carbocycles. The van der Waals surface area contributed by atoms with Gasteiger partial charge in [0.15, 0.2) is 0 Å². The SMILES string of the molecule is CCC(CC)(CN)N(CCN(C)C)CC(C)C. The van der Waals surface area contributed by atoms with Crippen molar-refractivity contribution < 1.29 is 0 Å². The third-order valence-corrected chi connectivity index (χ3v) is 3.77. The molecule has 0 aromatic rings. The van der Waals surface area contributed by atoms with Gasteiger partial charge in [-0.3, -0.25) is 4.90 Å². The number of nitrogens with zero attached hydrogens (tertiary/aromatic N) is 2. The zero-order chi connectivity index (χ0) is 13.5. The van der Waals surface area contributed by atoms with E-state index in [2.05, 4.69) is 51.6 Å². The molecule has 3 nitrogen and oxygen atoms in total. The van der Waals surface area contributed by atoms with E-state index in [1.165, 1.54) is 0 Å². The lowest BCUT2D eigenvalue weighted by Crippen LogP contribution is -2.55. The van der Waals surface area contributed by atoms with Crippen LogP contribution in [0.25, 0.3) is 0 Å². The number of nitrogens with two attached hydrogens (primary N) is 1. The topological polar surface area (TPSA) is 32.5 Å². The van der Waals surface area contributed by atoms with Gasteiger partial charge in [-0.1, -0.05) is 27.7 Å². The molecule has 0 saturated heterocycles. The Morgan fingerprint density at radius 2 is 1.59 bits per heavy atom. The Morgan fingerprint density at radius 1 is 1.06 bits per heavy atom. The molecule has 0 amide bonds. The van der Waals surface area contributed by atoms with Crippen LogP contribution in [-0.4, -0.2) is 55.6 Å². The second-order valence-electron chi connectivity index (χ2n) is 5.78. The molecule has 0 unspecified atom stereocenters. The Hall–Kier alpha value is -0.120. The molecular formula is C14H33N3. The van der Waals surface area contributed by atoms with E-state index in [1.54, 1.807) is 0 Å². The van der Waals surface area contributed by atoms with Crippen molar-refractivity contribution in [2.75, 3.05) is 40.3 Å². The van der Waals surface area contributed by atoms with Gasteiger partial charge in [0.2, 0.25) is 0 Å². The molecule has 0 aromatic heterocycles. The fraction of sp³-hybridized carbons (Fsp3) is 1.00. The first-order valence-corrected chi connectivity index (χ1v) is 7.01. The van der Waals surface area contributed by atoms with Gasteiger partial charge in [-0.05, 0) is 32.9 Å². The highest BCUT2D eigenvalue weighted by Gasteiger charge is 2.31. The Bertz CT molecular complexity index is 178. The summed E-state index contributed by atoms with van der Waals surface area (Å²) in [4.78, 5) is 4.86. The maximum atomic E-state index is 6.06. The van der Waals surface area contributed by atoms with Gasteiger partial charge in [0.1, 0.15) is 0 Å². The van der Waals surface area contributed by atoms with Crippen molar-refractivity contribution in [2.24, 2.45) is 11.7 Å². The van der Waals surface area contributed by atoms with Crippen LogP contribution in [0.15, 0.2) is 0 Å². The first-order valence-electron chi connectivity index (χ1n) is 7.01. The first kappa shape index (κ1) is 16.9. The van der Waals surface area contributed by atoms with Crippen molar-refractivity contribution in [3.05, 3.63) is 0 Å². The lowest BCUT2D eigenvalue weighted by Gasteiger charge is -2.44. The molecule has 0 saturated carbocycles. The highest BCUT2D eigenvalue weighted by Crippen LogP contribution is 2.23. The number of hydrogen-bond donors (Lipinski definition) is 1. The van der Waals surface area contributed by atoms with Crippen molar-refractivity contribution in [3.63, 3.8) is 0 Å². The van der Waals surface area contributed by atoms with Crippen LogP contribution in [0.1, 0.15) is 40.5 Å². The molecule has 0 heterocycles. The summed E-state index contributed by atoms with van der Waals surface area (Å²) >= 11 is 0. The summed E-state index contributed by atoms with van der Waals surface area (Å²) in [5.74, 6) is 0.696. The summed E-state index contributed by atoms with van der Waals surface area (Å²) in [5.41, 5.74) is 6.25. The zero-order valence-corrected chi connectivity index (χ0v) is 12.8. The van der Waals surface area contributed by atoms with Gasteiger partial charge >= 0.3 is 0 Å². The third kappa shape index (κ3) is 5.36. The summed E-state index contributed by atoms with van der Waals surface area (Å²) < 4.78 is 0. The fourth-order valence-corrected chi connectivity index (χ4v) is 2.40. The first-order chi connectivity index (χ1) is 7.91. The second kappa shape index (κ2) is 8.06. The molecule has 0 aromatic carbocycles. The van der Waals surface area contributed by atoms with Gasteiger partial charge in [0.25, 0.3) is 0 Å². The van der Waals surface area contributed by atoms with Crippen LogP contribution in [-0.2, 0) is 0 Å². The number of rotatable bonds is 9. The lowest BCUT2D eigenvalue weighted by atomic mass is 9.89. The predicted molar refractivity (Wildman–Crippen MR) is 77.3 cm³/mol. The number of hydrogen-bond acceptors (Lipinski definition) is 3. The molecule has 0 aliphatic rings. The Morgan fingerprint density at radius 3 is 1.88 bits per heavy atom. The highest BCUT2D eigenvalue weighted by atomic mass is 15.2. The predicted octanol–water partition coefficient (Wildman–Crippen LogP) is 2.02. The van der Waals surface area contributed by atoms with E-state index in [0.717, 1.165) is 39.0 Å². The fourth-order valence-electron chi connectivity index (χ4n) is 2.40. The Kier molecular flexibility index (Phi) is 8.01. The maximum absolute atomic E-state index is 6.06. The minimum absolute atomic E-state index is 0.195. The smallest absolute Gasteiger partial charge is 0.0327 e. The zero-order valence-electron chi connectivity index (χ0n) is 12.8. The van der Waals surface area contributed by atoms with Gasteiger partial charge in [-0.25, -0.2) is 0 Å². The van der Waals surface area contributed by atoms with E-state index in [0.29, 0.717) is 5.92 Å². The summed E-state index contributed by atoms with van der Waals surface area (Å²) in [6, 6.07) is 0. The summed E-state index contributed by atoms with van der Waals surface area (Å²) in [6.45, 7) is 13.2. The van der Waals surface area contributed by atoms with Gasteiger partial charge < -0.3 is 10.6 Å². The molecule has 0 rings (SSSR count). The van der Waals surface area contributed by atoms with E-state index in [1.807, 2.05) is 0 Å². The van der Waals surface area contributed by atoms with Crippen LogP contribution >= 0.6 is 0 Å². The van der Waals surface area contributed by atoms with E-state index in [-0.39, 0.29) is 5.54 Å². The minimum atomic E-state index is 0.195. The van der Waals surface area contributed by atoms with E-state index < -0.39 is 0 Å². The summed E-state index contributed by atoms with van der Waals surface area (Å²) in [7, 11) is 4.27. The van der Waals surface area contributed by atoms with Crippen molar-refractivity contribution >= 4 is 0 Å². The third-order valence-electron chi connectivity index (χ3n) is 3.77. The quantitative estimate of drug-likeness (QED) is 0.672. The Balaban J connectivity index is 4.72. The van der Waals surface area contributed by atoms with Crippen molar-refractivity contribution in [1.29, 1.82) is 0 Å². The molecule has 2 N–H and O–H groups in total. The average molecular weight is 243 g/mol. The minimum Gasteiger partial charge on any atom is -0.329 e. The van der Waals surface area contributed by atoms with Crippen LogP contribution in [0.5, 0.6) is 0 Å². The molecule has 104 valence electrons. The van der Waals surface area contributed by atoms with Crippen molar-refractivity contribution in [3.8, 4) is 0 Å². The van der Waals surface area contributed by atoms with Crippen LogP contribution in [0.4, 0.5) is 0 Å². The van der Waals surface area contributed by atoms with Crippen LogP contribution in [0.2, 0.25) is 0 Å². The highest BCUT2D eigenvalue weighted by molar-refractivity contribution is 4.90. The molecule has 0 fully saturated rings. The molecule has 3 heteroatoms. The molecular weight excluding hydrogens is 210 g/mol. The second-order valence-corrected chi connectivity index (χ2v) is 5.78. The molecule has 0 atom stereocenters. The average Bonchev–Trinajstić information content (AvgIpc) is 2.27. The van der Waals surface area contributed by atoms with E-state index in [4.69, 9.17) is 5.73 Å². The van der Waals surface area contributed by atoms with Crippen molar-refractivity contribution in [1.82, 2.24) is 9.80 Å². The van der Waals surface area contributed by atoms with Crippen LogP contribution < -0.4 is 5.73 Å². The maximum Gasteiger partial charge on any atom is 0.0327 e. The molecule has 0 bridgehead atoms. The Labute approximate surface area is 108 Å². The van der Waals surface area contributed by atoms with E-state index >= 15 is 0 Å². The van der Waals surface area contributed by atoms with E-state index in [9.17, 15) is 0 Å². The van der Waals surface area contributed by atoms with Gasteiger partial charge in [0, 0.05) is 31.7 Å². The number of likely N-dealkylation sites (N-methyl/N-ethyl adjacent to an activating group) is 1.